The SMILES string of the molecule is CCc1oc2ccccc2c1-c1ccc(-c2cc(C)c(O)c(C)c2)cc1. The Morgan fingerprint density at radius 2 is 1.42 bits per heavy atom. The van der Waals surface area contributed by atoms with Gasteiger partial charge in [-0.25, -0.2) is 0 Å². The minimum Gasteiger partial charge on any atom is -0.507 e. The highest BCUT2D eigenvalue weighted by atomic mass is 16.3. The van der Waals surface area contributed by atoms with Crippen LogP contribution in [0.2, 0.25) is 0 Å². The maximum Gasteiger partial charge on any atom is 0.134 e. The highest BCUT2D eigenvalue weighted by Gasteiger charge is 2.14. The van der Waals surface area contributed by atoms with Gasteiger partial charge in [-0.2, -0.15) is 0 Å². The van der Waals surface area contributed by atoms with Gasteiger partial charge >= 0.3 is 0 Å². The molecule has 130 valence electrons. The molecule has 0 spiro atoms. The molecule has 26 heavy (non-hydrogen) atoms. The van der Waals surface area contributed by atoms with E-state index >= 15 is 0 Å². The van der Waals surface area contributed by atoms with Gasteiger partial charge in [-0.15, -0.1) is 0 Å². The van der Waals surface area contributed by atoms with Crippen LogP contribution in [0.5, 0.6) is 5.75 Å². The zero-order valence-electron chi connectivity index (χ0n) is 15.3. The van der Waals surface area contributed by atoms with Gasteiger partial charge < -0.3 is 9.52 Å². The van der Waals surface area contributed by atoms with Crippen LogP contribution >= 0.6 is 0 Å². The molecule has 1 N–H and O–H groups in total. The molecule has 4 aromatic rings. The van der Waals surface area contributed by atoms with Crippen LogP contribution in [-0.2, 0) is 6.42 Å². The van der Waals surface area contributed by atoms with E-state index in [0.29, 0.717) is 5.75 Å². The first-order valence-corrected chi connectivity index (χ1v) is 9.00. The monoisotopic (exact) mass is 342 g/mol. The number of phenolic OH excluding ortho intramolecular Hbond substituents is 1. The van der Waals surface area contributed by atoms with Crippen molar-refractivity contribution < 1.29 is 9.52 Å². The molecule has 0 saturated carbocycles. The van der Waals surface area contributed by atoms with E-state index in [4.69, 9.17) is 4.42 Å². The van der Waals surface area contributed by atoms with Crippen LogP contribution < -0.4 is 0 Å². The third kappa shape index (κ3) is 2.68. The summed E-state index contributed by atoms with van der Waals surface area (Å²) in [5.41, 5.74) is 7.36. The maximum atomic E-state index is 9.99. The normalized spacial score (nSPS) is 11.2. The molecule has 4 rings (SSSR count). The summed E-state index contributed by atoms with van der Waals surface area (Å²) in [6.07, 6.45) is 0.863. The second-order valence-electron chi connectivity index (χ2n) is 6.79. The van der Waals surface area contributed by atoms with Gasteiger partial charge in [0.25, 0.3) is 0 Å². The first kappa shape index (κ1) is 16.5. The number of para-hydroxylation sites is 1. The molecule has 0 saturated heterocycles. The van der Waals surface area contributed by atoms with Gasteiger partial charge in [-0.3, -0.25) is 0 Å². The van der Waals surface area contributed by atoms with E-state index in [0.717, 1.165) is 45.4 Å². The van der Waals surface area contributed by atoms with E-state index in [1.807, 2.05) is 38.1 Å². The van der Waals surface area contributed by atoms with E-state index in [2.05, 4.69) is 43.3 Å². The number of furan rings is 1. The topological polar surface area (TPSA) is 33.4 Å². The molecule has 2 heteroatoms. The van der Waals surface area contributed by atoms with E-state index in [1.54, 1.807) is 0 Å². The van der Waals surface area contributed by atoms with Gasteiger partial charge in [0.15, 0.2) is 0 Å². The summed E-state index contributed by atoms with van der Waals surface area (Å²) in [4.78, 5) is 0. The third-order valence-corrected chi connectivity index (χ3v) is 4.99. The minimum absolute atomic E-state index is 0.378. The molecule has 2 nitrogen and oxygen atoms in total. The van der Waals surface area contributed by atoms with Crippen molar-refractivity contribution in [2.75, 3.05) is 0 Å². The molecule has 0 aliphatic rings. The van der Waals surface area contributed by atoms with Gasteiger partial charge in [0.05, 0.1) is 0 Å². The summed E-state index contributed by atoms with van der Waals surface area (Å²) >= 11 is 0. The Labute approximate surface area is 153 Å². The summed E-state index contributed by atoms with van der Waals surface area (Å²) < 4.78 is 6.03. The molecule has 0 radical (unpaired) electrons. The fourth-order valence-corrected chi connectivity index (χ4v) is 3.61. The number of hydrogen-bond donors (Lipinski definition) is 1. The number of aryl methyl sites for hydroxylation is 3. The number of fused-ring (bicyclic) bond motifs is 1. The first-order valence-electron chi connectivity index (χ1n) is 9.00. The van der Waals surface area contributed by atoms with E-state index in [9.17, 15) is 5.11 Å². The second-order valence-corrected chi connectivity index (χ2v) is 6.79. The first-order chi connectivity index (χ1) is 12.6. The van der Waals surface area contributed by atoms with Crippen LogP contribution in [0.4, 0.5) is 0 Å². The smallest absolute Gasteiger partial charge is 0.134 e. The number of rotatable bonds is 3. The molecule has 0 aliphatic heterocycles. The highest BCUT2D eigenvalue weighted by molar-refractivity contribution is 5.96. The maximum absolute atomic E-state index is 9.99. The summed E-state index contributed by atoms with van der Waals surface area (Å²) in [5, 5.41) is 11.2. The number of aromatic hydroxyl groups is 1. The Balaban J connectivity index is 1.80. The molecule has 1 aromatic heterocycles. The van der Waals surface area contributed by atoms with Gasteiger partial charge in [0, 0.05) is 17.4 Å². The molecule has 0 amide bonds. The quantitative estimate of drug-likeness (QED) is 0.452. The lowest BCUT2D eigenvalue weighted by atomic mass is 9.96. The molecule has 0 unspecified atom stereocenters. The summed E-state index contributed by atoms with van der Waals surface area (Å²) in [7, 11) is 0. The van der Waals surface area contributed by atoms with Gasteiger partial charge in [-0.05, 0) is 59.9 Å². The van der Waals surface area contributed by atoms with Crippen molar-refractivity contribution in [3.63, 3.8) is 0 Å². The summed E-state index contributed by atoms with van der Waals surface area (Å²) in [6, 6.07) is 20.9. The predicted molar refractivity (Wildman–Crippen MR) is 108 cm³/mol. The van der Waals surface area contributed by atoms with Crippen molar-refractivity contribution in [2.45, 2.75) is 27.2 Å². The van der Waals surface area contributed by atoms with E-state index in [-0.39, 0.29) is 0 Å². The van der Waals surface area contributed by atoms with E-state index < -0.39 is 0 Å². The van der Waals surface area contributed by atoms with Crippen molar-refractivity contribution in [3.8, 4) is 28.0 Å². The molecule has 0 aliphatic carbocycles. The fraction of sp³-hybridized carbons (Fsp3) is 0.167. The Morgan fingerprint density at radius 1 is 0.808 bits per heavy atom. The molecule has 0 bridgehead atoms. The van der Waals surface area contributed by atoms with Crippen molar-refractivity contribution in [1.29, 1.82) is 0 Å². The van der Waals surface area contributed by atoms with Crippen LogP contribution in [0, 0.1) is 13.8 Å². The Kier molecular flexibility index (Phi) is 4.04. The Morgan fingerprint density at radius 3 is 2.08 bits per heavy atom. The zero-order chi connectivity index (χ0) is 18.3. The van der Waals surface area contributed by atoms with Crippen LogP contribution in [0.15, 0.2) is 65.1 Å². The fourth-order valence-electron chi connectivity index (χ4n) is 3.61. The Bertz CT molecular complexity index is 1060. The predicted octanol–water partition coefficient (Wildman–Crippen LogP) is 6.65. The highest BCUT2D eigenvalue weighted by Crippen LogP contribution is 2.36. The lowest BCUT2D eigenvalue weighted by molar-refractivity contribution is 0.467. The lowest BCUT2D eigenvalue weighted by Gasteiger charge is -2.09. The molecule has 1 heterocycles. The second kappa shape index (κ2) is 6.38. The van der Waals surface area contributed by atoms with Gasteiger partial charge in [0.1, 0.15) is 17.1 Å². The summed E-state index contributed by atoms with van der Waals surface area (Å²) in [5.74, 6) is 1.40. The summed E-state index contributed by atoms with van der Waals surface area (Å²) in [6.45, 7) is 5.99. The third-order valence-electron chi connectivity index (χ3n) is 4.99. The standard InChI is InChI=1S/C24H22O2/c1-4-21-23(20-7-5-6-8-22(20)26-21)18-11-9-17(10-12-18)19-13-15(2)24(25)16(3)14-19/h5-14,25H,4H2,1-3H3. The van der Waals surface area contributed by atoms with Gasteiger partial charge in [0.2, 0.25) is 0 Å². The van der Waals surface area contributed by atoms with Crippen molar-refractivity contribution in [3.05, 3.63) is 77.6 Å². The molecule has 0 fully saturated rings. The largest absolute Gasteiger partial charge is 0.507 e. The molecular weight excluding hydrogens is 320 g/mol. The van der Waals surface area contributed by atoms with Crippen LogP contribution in [0.3, 0.4) is 0 Å². The average molecular weight is 342 g/mol. The van der Waals surface area contributed by atoms with Crippen molar-refractivity contribution in [2.24, 2.45) is 0 Å². The van der Waals surface area contributed by atoms with Crippen LogP contribution in [-0.4, -0.2) is 5.11 Å². The van der Waals surface area contributed by atoms with E-state index in [1.165, 1.54) is 11.1 Å². The number of hydrogen-bond acceptors (Lipinski definition) is 2. The van der Waals surface area contributed by atoms with Crippen molar-refractivity contribution >= 4 is 11.0 Å². The van der Waals surface area contributed by atoms with Crippen molar-refractivity contribution in [1.82, 2.24) is 0 Å². The average Bonchev–Trinajstić information content (AvgIpc) is 3.04. The molecule has 3 aromatic carbocycles. The number of phenols is 1. The minimum atomic E-state index is 0.378. The number of benzene rings is 3. The molecular formula is C24H22O2. The Hall–Kier alpha value is -3.00. The molecule has 0 atom stereocenters. The zero-order valence-corrected chi connectivity index (χ0v) is 15.3. The van der Waals surface area contributed by atoms with Crippen LogP contribution in [0.1, 0.15) is 23.8 Å². The van der Waals surface area contributed by atoms with Crippen LogP contribution in [0.25, 0.3) is 33.2 Å². The van der Waals surface area contributed by atoms with Gasteiger partial charge in [-0.1, -0.05) is 49.4 Å². The lowest BCUT2D eigenvalue weighted by Crippen LogP contribution is -1.86.